The van der Waals surface area contributed by atoms with Crippen molar-refractivity contribution < 1.29 is 4.79 Å². The highest BCUT2D eigenvalue weighted by atomic mass is 35.5. The van der Waals surface area contributed by atoms with Crippen molar-refractivity contribution in [3.8, 4) is 6.07 Å². The maximum Gasteiger partial charge on any atom is 0.319 e. The van der Waals surface area contributed by atoms with Crippen LogP contribution in [0.15, 0.2) is 24.3 Å². The summed E-state index contributed by atoms with van der Waals surface area (Å²) in [6.45, 7) is 0.493. The normalized spacial score (nSPS) is 9.25. The first-order chi connectivity index (χ1) is 7.72. The molecular weight excluding hydrogens is 226 g/mol. The van der Waals surface area contributed by atoms with Gasteiger partial charge in [-0.15, -0.1) is 0 Å². The number of amides is 2. The van der Waals surface area contributed by atoms with Gasteiger partial charge >= 0.3 is 6.03 Å². The van der Waals surface area contributed by atoms with Crippen LogP contribution in [0.4, 0.5) is 10.5 Å². The van der Waals surface area contributed by atoms with Crippen LogP contribution in [0.3, 0.4) is 0 Å². The highest BCUT2D eigenvalue weighted by Crippen LogP contribution is 2.12. The average Bonchev–Trinajstić information content (AvgIpc) is 2.28. The van der Waals surface area contributed by atoms with Crippen LogP contribution < -0.4 is 10.6 Å². The standard InChI is InChI=1S/C11H12ClN3O/c12-9-3-5-10(6-4-9)15-11(16)14-8-2-1-7-13/h3-6H,1-2,8H2,(H2,14,15,16). The molecule has 1 rings (SSSR count). The molecule has 16 heavy (non-hydrogen) atoms. The van der Waals surface area contributed by atoms with E-state index in [-0.39, 0.29) is 6.03 Å². The summed E-state index contributed by atoms with van der Waals surface area (Å²) < 4.78 is 0. The number of hydrogen-bond acceptors (Lipinski definition) is 2. The molecule has 0 heterocycles. The Hall–Kier alpha value is -1.73. The van der Waals surface area contributed by atoms with E-state index in [4.69, 9.17) is 16.9 Å². The minimum absolute atomic E-state index is 0.278. The fourth-order valence-corrected chi connectivity index (χ4v) is 1.20. The van der Waals surface area contributed by atoms with Crippen LogP contribution in [-0.4, -0.2) is 12.6 Å². The highest BCUT2D eigenvalue weighted by molar-refractivity contribution is 6.30. The van der Waals surface area contributed by atoms with Crippen molar-refractivity contribution in [2.45, 2.75) is 12.8 Å². The number of benzene rings is 1. The van der Waals surface area contributed by atoms with Crippen molar-refractivity contribution in [3.05, 3.63) is 29.3 Å². The fraction of sp³-hybridized carbons (Fsp3) is 0.273. The van der Waals surface area contributed by atoms with Crippen LogP contribution in [0.1, 0.15) is 12.8 Å². The molecule has 5 heteroatoms. The number of rotatable bonds is 4. The third kappa shape index (κ3) is 4.67. The first-order valence-corrected chi connectivity index (χ1v) is 5.27. The lowest BCUT2D eigenvalue weighted by Gasteiger charge is -2.06. The SMILES string of the molecule is N#CCCCNC(=O)Nc1ccc(Cl)cc1. The Morgan fingerprint density at radius 2 is 2.06 bits per heavy atom. The Morgan fingerprint density at radius 3 is 2.69 bits per heavy atom. The molecule has 1 aromatic carbocycles. The lowest BCUT2D eigenvalue weighted by Crippen LogP contribution is -2.29. The van der Waals surface area contributed by atoms with Gasteiger partial charge in [-0.1, -0.05) is 11.6 Å². The Bertz CT molecular complexity index is 383. The molecule has 0 fully saturated rings. The van der Waals surface area contributed by atoms with Gasteiger partial charge in [0.25, 0.3) is 0 Å². The van der Waals surface area contributed by atoms with Crippen LogP contribution in [0.25, 0.3) is 0 Å². The second-order valence-corrected chi connectivity index (χ2v) is 3.59. The van der Waals surface area contributed by atoms with Gasteiger partial charge in [0.2, 0.25) is 0 Å². The summed E-state index contributed by atoms with van der Waals surface area (Å²) in [6.07, 6.45) is 1.10. The summed E-state index contributed by atoms with van der Waals surface area (Å²) >= 11 is 5.71. The van der Waals surface area contributed by atoms with Crippen molar-refractivity contribution in [2.75, 3.05) is 11.9 Å². The second kappa shape index (κ2) is 6.70. The quantitative estimate of drug-likeness (QED) is 0.791. The van der Waals surface area contributed by atoms with Gasteiger partial charge in [-0.3, -0.25) is 0 Å². The number of nitrogens with one attached hydrogen (secondary N) is 2. The zero-order chi connectivity index (χ0) is 11.8. The Morgan fingerprint density at radius 1 is 1.38 bits per heavy atom. The zero-order valence-electron chi connectivity index (χ0n) is 8.66. The molecule has 0 spiro atoms. The first-order valence-electron chi connectivity index (χ1n) is 4.90. The minimum Gasteiger partial charge on any atom is -0.338 e. The van der Waals surface area contributed by atoms with Crippen molar-refractivity contribution >= 4 is 23.3 Å². The molecule has 0 aliphatic carbocycles. The van der Waals surface area contributed by atoms with Crippen molar-refractivity contribution in [1.82, 2.24) is 5.32 Å². The van der Waals surface area contributed by atoms with Crippen LogP contribution in [0, 0.1) is 11.3 Å². The van der Waals surface area contributed by atoms with Crippen molar-refractivity contribution in [2.24, 2.45) is 0 Å². The predicted molar refractivity (Wildman–Crippen MR) is 63.3 cm³/mol. The summed E-state index contributed by atoms with van der Waals surface area (Å²) in [6, 6.07) is 8.57. The van der Waals surface area contributed by atoms with Crippen LogP contribution in [0.2, 0.25) is 5.02 Å². The van der Waals surface area contributed by atoms with Crippen molar-refractivity contribution in [1.29, 1.82) is 5.26 Å². The van der Waals surface area contributed by atoms with Gasteiger partial charge in [-0.25, -0.2) is 4.79 Å². The first kappa shape index (κ1) is 12.3. The molecule has 1 aromatic rings. The molecule has 2 N–H and O–H groups in total. The van der Waals surface area contributed by atoms with E-state index < -0.39 is 0 Å². The van der Waals surface area contributed by atoms with Crippen molar-refractivity contribution in [3.63, 3.8) is 0 Å². The van der Waals surface area contributed by atoms with Gasteiger partial charge in [0.15, 0.2) is 0 Å². The Balaban J connectivity index is 2.29. The molecule has 0 unspecified atom stereocenters. The molecule has 2 amide bonds. The molecule has 0 aliphatic heterocycles. The molecular formula is C11H12ClN3O. The van der Waals surface area contributed by atoms with E-state index in [1.807, 2.05) is 6.07 Å². The molecule has 0 atom stereocenters. The van der Waals surface area contributed by atoms with Gasteiger partial charge in [-0.05, 0) is 30.7 Å². The molecule has 0 radical (unpaired) electrons. The van der Waals surface area contributed by atoms with Gasteiger partial charge < -0.3 is 10.6 Å². The zero-order valence-corrected chi connectivity index (χ0v) is 9.42. The summed E-state index contributed by atoms with van der Waals surface area (Å²) in [7, 11) is 0. The molecule has 84 valence electrons. The maximum absolute atomic E-state index is 11.3. The molecule has 0 saturated carbocycles. The number of hydrogen-bond donors (Lipinski definition) is 2. The van der Waals surface area contributed by atoms with E-state index in [0.717, 1.165) is 0 Å². The number of nitriles is 1. The number of anilines is 1. The number of urea groups is 1. The summed E-state index contributed by atoms with van der Waals surface area (Å²) in [5.74, 6) is 0. The fourth-order valence-electron chi connectivity index (χ4n) is 1.08. The average molecular weight is 238 g/mol. The Labute approximate surface area is 99.2 Å². The van der Waals surface area contributed by atoms with Crippen LogP contribution in [-0.2, 0) is 0 Å². The molecule has 0 saturated heterocycles. The largest absolute Gasteiger partial charge is 0.338 e. The predicted octanol–water partition coefficient (Wildman–Crippen LogP) is 2.77. The highest BCUT2D eigenvalue weighted by Gasteiger charge is 1.99. The molecule has 0 aromatic heterocycles. The second-order valence-electron chi connectivity index (χ2n) is 3.15. The number of carbonyl (C=O) groups is 1. The van der Waals surface area contributed by atoms with Crippen LogP contribution >= 0.6 is 11.6 Å². The summed E-state index contributed by atoms with van der Waals surface area (Å²) in [5.41, 5.74) is 0.683. The maximum atomic E-state index is 11.3. The Kier molecular flexibility index (Phi) is 5.17. The van der Waals surface area contributed by atoms with E-state index >= 15 is 0 Å². The third-order valence-electron chi connectivity index (χ3n) is 1.85. The van der Waals surface area contributed by atoms with Gasteiger partial charge in [-0.2, -0.15) is 5.26 Å². The lowest BCUT2D eigenvalue weighted by molar-refractivity contribution is 0.252. The number of carbonyl (C=O) groups excluding carboxylic acids is 1. The topological polar surface area (TPSA) is 64.9 Å². The number of unbranched alkanes of at least 4 members (excludes halogenated alkanes) is 1. The van der Waals surface area contributed by atoms with E-state index in [2.05, 4.69) is 10.6 Å². The minimum atomic E-state index is -0.278. The van der Waals surface area contributed by atoms with Gasteiger partial charge in [0.05, 0.1) is 6.07 Å². The summed E-state index contributed by atoms with van der Waals surface area (Å²) in [4.78, 5) is 11.3. The number of halogens is 1. The summed E-state index contributed by atoms with van der Waals surface area (Å²) in [5, 5.41) is 14.2. The van der Waals surface area contributed by atoms with E-state index in [9.17, 15) is 4.79 Å². The van der Waals surface area contributed by atoms with E-state index in [1.165, 1.54) is 0 Å². The van der Waals surface area contributed by atoms with Gasteiger partial charge in [0.1, 0.15) is 0 Å². The molecule has 0 bridgehead atoms. The van der Waals surface area contributed by atoms with Gasteiger partial charge in [0, 0.05) is 23.7 Å². The monoisotopic (exact) mass is 237 g/mol. The van der Waals surface area contributed by atoms with E-state index in [1.54, 1.807) is 24.3 Å². The smallest absolute Gasteiger partial charge is 0.319 e. The molecule has 0 aliphatic rings. The molecule has 4 nitrogen and oxygen atoms in total. The van der Waals surface area contributed by atoms with E-state index in [0.29, 0.717) is 30.1 Å². The third-order valence-corrected chi connectivity index (χ3v) is 2.10. The number of nitrogens with zero attached hydrogens (tertiary/aromatic N) is 1. The lowest BCUT2D eigenvalue weighted by atomic mass is 10.3. The van der Waals surface area contributed by atoms with Crippen LogP contribution in [0.5, 0.6) is 0 Å².